The number of hydrogen-bond acceptors (Lipinski definition) is 11. The van der Waals surface area contributed by atoms with E-state index in [0.717, 1.165) is 0 Å². The molecule has 2 aromatic heterocycles. The van der Waals surface area contributed by atoms with Gasteiger partial charge in [-0.15, -0.1) is 0 Å². The smallest absolute Gasteiger partial charge is 0.336 e. The van der Waals surface area contributed by atoms with Crippen molar-refractivity contribution < 1.29 is 43.5 Å². The summed E-state index contributed by atoms with van der Waals surface area (Å²) in [4.78, 5) is 23.3. The molecule has 35 heavy (non-hydrogen) atoms. The molecule has 1 aliphatic heterocycles. The molecular formula is C24H20O11. The highest BCUT2D eigenvalue weighted by atomic mass is 16.7. The summed E-state index contributed by atoms with van der Waals surface area (Å²) in [7, 11) is 0. The Morgan fingerprint density at radius 3 is 2.11 bits per heavy atom. The Balaban J connectivity index is 1.54. The van der Waals surface area contributed by atoms with E-state index in [9.17, 15) is 30.0 Å². The van der Waals surface area contributed by atoms with Gasteiger partial charge in [0.05, 0.1) is 6.61 Å². The van der Waals surface area contributed by atoms with Crippen LogP contribution < -0.4 is 20.7 Å². The van der Waals surface area contributed by atoms with Crippen molar-refractivity contribution in [3.05, 3.63) is 75.4 Å². The zero-order valence-electron chi connectivity index (χ0n) is 17.9. The number of hydrogen-bond donors (Lipinski definition) is 4. The Kier molecular flexibility index (Phi) is 6.01. The standard InChI is InChI=1S/C24H20O11/c25-10-18-21(28)22(29)23(30)24(35-18)34-16-7-12-3-6-20(27)33-15(12)9-17(16)31-13-4-1-11-2-5-19(26)32-14(11)8-13/h1-9,18,21-25,28-30H,10H2. The van der Waals surface area contributed by atoms with E-state index in [2.05, 4.69) is 0 Å². The molecule has 0 amide bonds. The highest BCUT2D eigenvalue weighted by molar-refractivity contribution is 5.81. The maximum absolute atomic E-state index is 11.7. The van der Waals surface area contributed by atoms with Crippen LogP contribution in [-0.2, 0) is 4.74 Å². The van der Waals surface area contributed by atoms with Crippen molar-refractivity contribution in [3.63, 3.8) is 0 Å². The predicted octanol–water partition coefficient (Wildman–Crippen LogP) is 0.870. The van der Waals surface area contributed by atoms with Crippen molar-refractivity contribution in [2.75, 3.05) is 6.61 Å². The van der Waals surface area contributed by atoms with Crippen molar-refractivity contribution in [2.24, 2.45) is 0 Å². The first-order valence-electron chi connectivity index (χ1n) is 10.6. The molecule has 2 aromatic carbocycles. The molecule has 11 heteroatoms. The Morgan fingerprint density at radius 2 is 1.40 bits per heavy atom. The predicted molar refractivity (Wildman–Crippen MR) is 119 cm³/mol. The molecule has 5 unspecified atom stereocenters. The zero-order chi connectivity index (χ0) is 24.7. The quantitative estimate of drug-likeness (QED) is 0.297. The average Bonchev–Trinajstić information content (AvgIpc) is 2.84. The van der Waals surface area contributed by atoms with Gasteiger partial charge < -0.3 is 43.5 Å². The van der Waals surface area contributed by atoms with E-state index < -0.39 is 48.6 Å². The minimum absolute atomic E-state index is 0.0327. The van der Waals surface area contributed by atoms with Crippen LogP contribution in [0.1, 0.15) is 0 Å². The van der Waals surface area contributed by atoms with Gasteiger partial charge >= 0.3 is 11.3 Å². The normalized spacial score (nSPS) is 24.5. The molecule has 5 rings (SSSR count). The van der Waals surface area contributed by atoms with E-state index in [0.29, 0.717) is 10.8 Å². The lowest BCUT2D eigenvalue weighted by atomic mass is 9.99. The van der Waals surface area contributed by atoms with Crippen molar-refractivity contribution in [3.8, 4) is 17.2 Å². The summed E-state index contributed by atoms with van der Waals surface area (Å²) in [5.74, 6) is 0.329. The number of aliphatic hydroxyl groups excluding tert-OH is 4. The lowest BCUT2D eigenvalue weighted by molar-refractivity contribution is -0.277. The topological polar surface area (TPSA) is 169 Å². The summed E-state index contributed by atoms with van der Waals surface area (Å²) in [6, 6.07) is 13.2. The van der Waals surface area contributed by atoms with Gasteiger partial charge in [-0.25, -0.2) is 9.59 Å². The van der Waals surface area contributed by atoms with Crippen molar-refractivity contribution in [1.29, 1.82) is 0 Å². The summed E-state index contributed by atoms with van der Waals surface area (Å²) in [5.41, 5.74) is -0.660. The van der Waals surface area contributed by atoms with Crippen molar-refractivity contribution in [1.82, 2.24) is 0 Å². The average molecular weight is 484 g/mol. The number of rotatable bonds is 5. The fourth-order valence-corrected chi connectivity index (χ4v) is 3.77. The molecule has 0 aliphatic carbocycles. The minimum Gasteiger partial charge on any atom is -0.458 e. The van der Waals surface area contributed by atoms with E-state index in [1.165, 1.54) is 36.4 Å². The third-order valence-corrected chi connectivity index (χ3v) is 5.60. The number of fused-ring (bicyclic) bond motifs is 2. The molecule has 1 fully saturated rings. The molecule has 0 saturated carbocycles. The summed E-state index contributed by atoms with van der Waals surface area (Å²) < 4.78 is 27.6. The van der Waals surface area contributed by atoms with Crippen molar-refractivity contribution in [2.45, 2.75) is 30.7 Å². The highest BCUT2D eigenvalue weighted by Crippen LogP contribution is 2.38. The van der Waals surface area contributed by atoms with E-state index in [1.807, 2.05) is 0 Å². The van der Waals surface area contributed by atoms with E-state index >= 15 is 0 Å². The third-order valence-electron chi connectivity index (χ3n) is 5.60. The van der Waals surface area contributed by atoms with Gasteiger partial charge in [0, 0.05) is 35.0 Å². The zero-order valence-corrected chi connectivity index (χ0v) is 17.9. The maximum atomic E-state index is 11.7. The molecule has 4 N–H and O–H groups in total. The van der Waals surface area contributed by atoms with Gasteiger partial charge in [-0.3, -0.25) is 0 Å². The van der Waals surface area contributed by atoms with Crippen LogP contribution in [0.5, 0.6) is 17.2 Å². The van der Waals surface area contributed by atoms with Gasteiger partial charge in [0.2, 0.25) is 6.29 Å². The van der Waals surface area contributed by atoms with Crippen LogP contribution in [0.2, 0.25) is 0 Å². The molecule has 1 saturated heterocycles. The van der Waals surface area contributed by atoms with Crippen LogP contribution in [0.15, 0.2) is 73.0 Å². The van der Waals surface area contributed by atoms with Crippen molar-refractivity contribution >= 4 is 21.9 Å². The van der Waals surface area contributed by atoms with Gasteiger partial charge in [-0.2, -0.15) is 0 Å². The fourth-order valence-electron chi connectivity index (χ4n) is 3.77. The molecule has 0 radical (unpaired) electrons. The molecule has 11 nitrogen and oxygen atoms in total. The van der Waals surface area contributed by atoms with Gasteiger partial charge in [0.15, 0.2) is 11.5 Å². The molecule has 3 heterocycles. The Labute approximate surface area is 195 Å². The number of benzene rings is 2. The summed E-state index contributed by atoms with van der Waals surface area (Å²) in [6.07, 6.45) is -7.50. The molecule has 5 atom stereocenters. The van der Waals surface area contributed by atoms with Gasteiger partial charge in [0.1, 0.15) is 41.3 Å². The number of ether oxygens (including phenoxy) is 3. The van der Waals surface area contributed by atoms with E-state index in [4.69, 9.17) is 23.0 Å². The summed E-state index contributed by atoms with van der Waals surface area (Å²) >= 11 is 0. The molecule has 1 aliphatic rings. The molecular weight excluding hydrogens is 464 g/mol. The summed E-state index contributed by atoms with van der Waals surface area (Å²) in [6.45, 7) is -0.626. The van der Waals surface area contributed by atoms with Gasteiger partial charge in [0.25, 0.3) is 0 Å². The minimum atomic E-state index is -1.65. The van der Waals surface area contributed by atoms with Gasteiger partial charge in [-0.1, -0.05) is 0 Å². The maximum Gasteiger partial charge on any atom is 0.336 e. The third kappa shape index (κ3) is 4.50. The van der Waals surface area contributed by atoms with Crippen LogP contribution in [0.4, 0.5) is 0 Å². The van der Waals surface area contributed by atoms with Crippen LogP contribution >= 0.6 is 0 Å². The molecule has 182 valence electrons. The SMILES string of the molecule is O=c1ccc2ccc(Oc3cc4oc(=O)ccc4cc3OC3OC(CO)C(O)C(O)C3O)cc2o1. The summed E-state index contributed by atoms with van der Waals surface area (Å²) in [5, 5.41) is 41.0. The second kappa shape index (κ2) is 9.13. The largest absolute Gasteiger partial charge is 0.458 e. The number of aliphatic hydroxyl groups is 4. The second-order valence-electron chi connectivity index (χ2n) is 7.96. The Hall–Kier alpha value is -3.74. The molecule has 0 spiro atoms. The first kappa shape index (κ1) is 23.0. The van der Waals surface area contributed by atoms with Crippen LogP contribution in [0, 0.1) is 0 Å². The van der Waals surface area contributed by atoms with E-state index in [-0.39, 0.29) is 28.4 Å². The lowest BCUT2D eigenvalue weighted by Crippen LogP contribution is -2.60. The first-order chi connectivity index (χ1) is 16.8. The Bertz CT molecular complexity index is 1490. The van der Waals surface area contributed by atoms with Crippen LogP contribution in [-0.4, -0.2) is 57.7 Å². The first-order valence-corrected chi connectivity index (χ1v) is 10.6. The van der Waals surface area contributed by atoms with Gasteiger partial charge in [-0.05, 0) is 30.3 Å². The molecule has 0 bridgehead atoms. The molecule has 4 aromatic rings. The van der Waals surface area contributed by atoms with Crippen LogP contribution in [0.3, 0.4) is 0 Å². The fraction of sp³-hybridized carbons (Fsp3) is 0.250. The van der Waals surface area contributed by atoms with Crippen LogP contribution in [0.25, 0.3) is 21.9 Å². The second-order valence-corrected chi connectivity index (χ2v) is 7.96. The van der Waals surface area contributed by atoms with E-state index in [1.54, 1.807) is 18.2 Å². The Morgan fingerprint density at radius 1 is 0.743 bits per heavy atom. The monoisotopic (exact) mass is 484 g/mol. The highest BCUT2D eigenvalue weighted by Gasteiger charge is 2.45. The lowest BCUT2D eigenvalue weighted by Gasteiger charge is -2.39.